The second-order valence-corrected chi connectivity index (χ2v) is 9.15. The van der Waals surface area contributed by atoms with Crippen molar-refractivity contribution in [1.82, 2.24) is 0 Å². The summed E-state index contributed by atoms with van der Waals surface area (Å²) in [6, 6.07) is 18.4. The van der Waals surface area contributed by atoms with E-state index in [0.29, 0.717) is 0 Å². The number of hydrogen-bond donors (Lipinski definition) is 0. The van der Waals surface area contributed by atoms with Gasteiger partial charge in [0.1, 0.15) is 0 Å². The van der Waals surface area contributed by atoms with Crippen LogP contribution in [0.15, 0.2) is 61.3 Å². The van der Waals surface area contributed by atoms with Crippen LogP contribution in [0.5, 0.6) is 0 Å². The third-order valence-corrected chi connectivity index (χ3v) is 7.51. The van der Waals surface area contributed by atoms with Gasteiger partial charge in [-0.15, -0.1) is 0 Å². The van der Waals surface area contributed by atoms with Gasteiger partial charge in [0.2, 0.25) is 5.69 Å². The Kier molecular flexibility index (Phi) is 5.88. The summed E-state index contributed by atoms with van der Waals surface area (Å²) < 4.78 is 2.31. The average Bonchev–Trinajstić information content (AvgIpc) is 2.80. The summed E-state index contributed by atoms with van der Waals surface area (Å²) in [7, 11) is 0. The summed E-state index contributed by atoms with van der Waals surface area (Å²) in [5.41, 5.74) is 12.1. The van der Waals surface area contributed by atoms with Gasteiger partial charge >= 0.3 is 0 Å². The van der Waals surface area contributed by atoms with Crippen molar-refractivity contribution in [3.8, 4) is 22.4 Å². The fourth-order valence-corrected chi connectivity index (χ4v) is 5.49. The average molecular weight is 411 g/mol. The van der Waals surface area contributed by atoms with Gasteiger partial charge in [-0.25, -0.2) is 0 Å². The number of rotatable bonds is 6. The highest BCUT2D eigenvalue weighted by atomic mass is 15.0. The summed E-state index contributed by atoms with van der Waals surface area (Å²) in [6.07, 6.45) is 7.96. The van der Waals surface area contributed by atoms with Crippen molar-refractivity contribution in [2.75, 3.05) is 0 Å². The maximum atomic E-state index is 4.55. The van der Waals surface area contributed by atoms with Crippen LogP contribution in [0.2, 0.25) is 0 Å². The zero-order chi connectivity index (χ0) is 22.2. The van der Waals surface area contributed by atoms with E-state index < -0.39 is 0 Å². The molecule has 0 radical (unpaired) electrons. The van der Waals surface area contributed by atoms with Gasteiger partial charge in [0.05, 0.1) is 11.0 Å². The van der Waals surface area contributed by atoms with E-state index in [1.807, 2.05) is 0 Å². The molecule has 31 heavy (non-hydrogen) atoms. The highest BCUT2D eigenvalue weighted by Crippen LogP contribution is 2.47. The lowest BCUT2D eigenvalue weighted by molar-refractivity contribution is -0.577. The maximum absolute atomic E-state index is 4.55. The molecule has 0 saturated carbocycles. The molecular weight excluding hydrogens is 374 g/mol. The Morgan fingerprint density at radius 3 is 2.35 bits per heavy atom. The van der Waals surface area contributed by atoms with Crippen molar-refractivity contribution in [3.63, 3.8) is 0 Å². The lowest BCUT2D eigenvalue weighted by Crippen LogP contribution is -2.48. The molecule has 0 spiro atoms. The van der Waals surface area contributed by atoms with Gasteiger partial charge in [-0.05, 0) is 91.6 Å². The minimum absolute atomic E-state index is 0.0120. The quantitative estimate of drug-likeness (QED) is 0.365. The first-order valence-electron chi connectivity index (χ1n) is 11.9. The van der Waals surface area contributed by atoms with Crippen LogP contribution in [0.4, 0.5) is 0 Å². The predicted octanol–water partition coefficient (Wildman–Crippen LogP) is 7.81. The highest BCUT2D eigenvalue weighted by molar-refractivity contribution is 5.79. The first-order valence-corrected chi connectivity index (χ1v) is 11.9. The second-order valence-electron chi connectivity index (χ2n) is 9.15. The molecule has 1 aromatic heterocycles. The summed E-state index contributed by atoms with van der Waals surface area (Å²) in [5, 5.41) is 0. The molecule has 4 rings (SSSR count). The lowest BCUT2D eigenvalue weighted by Gasteiger charge is -2.35. The molecule has 0 bridgehead atoms. The van der Waals surface area contributed by atoms with Gasteiger partial charge in [-0.3, -0.25) is 0 Å². The molecule has 2 heterocycles. The summed E-state index contributed by atoms with van der Waals surface area (Å²) in [5.74, 6) is 0. The Balaban J connectivity index is 1.89. The van der Waals surface area contributed by atoms with Crippen molar-refractivity contribution in [2.45, 2.75) is 72.1 Å². The molecule has 160 valence electrons. The van der Waals surface area contributed by atoms with Crippen LogP contribution in [0, 0.1) is 13.8 Å². The maximum Gasteiger partial charge on any atom is 0.218 e. The minimum atomic E-state index is -0.0120. The molecule has 0 fully saturated rings. The monoisotopic (exact) mass is 410 g/mol. The third-order valence-electron chi connectivity index (χ3n) is 7.51. The van der Waals surface area contributed by atoms with Crippen LogP contribution in [-0.4, -0.2) is 0 Å². The van der Waals surface area contributed by atoms with Crippen molar-refractivity contribution in [1.29, 1.82) is 0 Å². The molecule has 1 heteroatoms. The van der Waals surface area contributed by atoms with Crippen LogP contribution in [-0.2, 0) is 11.8 Å². The molecule has 0 saturated heterocycles. The van der Waals surface area contributed by atoms with Gasteiger partial charge in [0.25, 0.3) is 0 Å². The Bertz CT molecular complexity index is 1130. The Morgan fingerprint density at radius 1 is 0.871 bits per heavy atom. The Hall–Kier alpha value is -2.67. The molecule has 3 aromatic rings. The van der Waals surface area contributed by atoms with Crippen molar-refractivity contribution >= 4 is 5.70 Å². The van der Waals surface area contributed by atoms with Crippen molar-refractivity contribution < 1.29 is 4.57 Å². The number of pyridine rings is 1. The van der Waals surface area contributed by atoms with Crippen LogP contribution in [0.25, 0.3) is 28.1 Å². The van der Waals surface area contributed by atoms with E-state index in [9.17, 15) is 0 Å². The zero-order valence-corrected chi connectivity index (χ0v) is 19.9. The van der Waals surface area contributed by atoms with E-state index in [4.69, 9.17) is 0 Å². The summed E-state index contributed by atoms with van der Waals surface area (Å²) >= 11 is 0. The van der Waals surface area contributed by atoms with E-state index in [1.165, 1.54) is 69.6 Å². The molecular formula is C30H36N+. The zero-order valence-electron chi connectivity index (χ0n) is 19.9. The van der Waals surface area contributed by atoms with Crippen LogP contribution >= 0.6 is 0 Å². The minimum Gasteiger partial charge on any atom is -0.164 e. The van der Waals surface area contributed by atoms with E-state index in [1.54, 1.807) is 0 Å². The van der Waals surface area contributed by atoms with Crippen LogP contribution in [0.1, 0.15) is 68.7 Å². The van der Waals surface area contributed by atoms with Crippen molar-refractivity contribution in [3.05, 3.63) is 83.6 Å². The molecule has 0 atom stereocenters. The van der Waals surface area contributed by atoms with Gasteiger partial charge in [-0.2, -0.15) is 4.57 Å². The Morgan fingerprint density at radius 2 is 1.65 bits per heavy atom. The molecule has 1 aliphatic heterocycles. The molecule has 1 nitrogen and oxygen atoms in total. The van der Waals surface area contributed by atoms with Crippen LogP contribution in [0.3, 0.4) is 0 Å². The number of allylic oxidation sites excluding steroid dienone is 1. The van der Waals surface area contributed by atoms with E-state index in [-0.39, 0.29) is 5.41 Å². The predicted molar refractivity (Wildman–Crippen MR) is 133 cm³/mol. The molecule has 0 amide bonds. The first-order chi connectivity index (χ1) is 15.0. The van der Waals surface area contributed by atoms with E-state index in [0.717, 1.165) is 12.8 Å². The van der Waals surface area contributed by atoms with Gasteiger partial charge in [0.15, 0.2) is 11.9 Å². The molecule has 2 aromatic carbocycles. The topological polar surface area (TPSA) is 3.88 Å². The number of unbranched alkanes of at least 4 members (excludes halogenated alkanes) is 1. The van der Waals surface area contributed by atoms with E-state index in [2.05, 4.69) is 100 Å². The van der Waals surface area contributed by atoms with Crippen LogP contribution < -0.4 is 4.57 Å². The second kappa shape index (κ2) is 8.46. The molecule has 1 aliphatic rings. The van der Waals surface area contributed by atoms with Crippen molar-refractivity contribution in [2.24, 2.45) is 0 Å². The fourth-order valence-electron chi connectivity index (χ4n) is 5.49. The van der Waals surface area contributed by atoms with Gasteiger partial charge < -0.3 is 0 Å². The summed E-state index contributed by atoms with van der Waals surface area (Å²) in [6.45, 7) is 15.9. The normalized spacial score (nSPS) is 14.3. The number of hydrogen-bond acceptors (Lipinski definition) is 0. The smallest absolute Gasteiger partial charge is 0.164 e. The number of nitrogens with zero attached hydrogens (tertiary/aromatic N) is 1. The molecule has 0 aliphatic carbocycles. The third kappa shape index (κ3) is 3.45. The Labute approximate surface area is 188 Å². The number of aryl methyl sites for hydroxylation is 3. The lowest BCUT2D eigenvalue weighted by atomic mass is 9.68. The fraction of sp³-hybridized carbons (Fsp3) is 0.367. The van der Waals surface area contributed by atoms with E-state index >= 15 is 0 Å². The number of benzene rings is 2. The molecule has 0 unspecified atom stereocenters. The summed E-state index contributed by atoms with van der Waals surface area (Å²) in [4.78, 5) is 0. The highest BCUT2D eigenvalue weighted by Gasteiger charge is 2.45. The van der Waals surface area contributed by atoms with Gasteiger partial charge in [0, 0.05) is 12.1 Å². The first kappa shape index (κ1) is 21.6. The standard InChI is InChI=1S/C30H36N/c1-7-10-13-24-18-22(5)26(19-21(24)4)25-15-16-28-27(20-25)29-14-11-12-17-31(29)23(6)30(28,8-2)9-3/h11-12,14-20H,6-10,13H2,1-5H3/q+1. The van der Waals surface area contributed by atoms with Gasteiger partial charge in [-0.1, -0.05) is 51.5 Å². The SMILES string of the molecule is C=C1[n+]2ccccc2-c2cc(-c3cc(C)c(CCCC)cc3C)ccc2C1(CC)CC. The largest absolute Gasteiger partial charge is 0.218 e. The molecule has 0 N–H and O–H groups in total. The number of aromatic nitrogens is 1. The number of fused-ring (bicyclic) bond motifs is 3.